The standard InChI is InChI=1S/C17H14Cl3O2/c1-2-17(15-8-5-13(19)11-16(15)20)22-10-9-21-14-6-3-12(18)4-7-14/h3-8,11H,9-10H2,1H3. The SMILES string of the molecule is C/[C]=C(/OCCOc1ccc(Cl)cc1)c1ccc(Cl)cc1Cl. The van der Waals surface area contributed by atoms with E-state index in [1.165, 1.54) is 0 Å². The van der Waals surface area contributed by atoms with E-state index in [-0.39, 0.29) is 0 Å². The lowest BCUT2D eigenvalue weighted by Gasteiger charge is -2.12. The molecule has 0 unspecified atom stereocenters. The molecule has 1 radical (unpaired) electrons. The summed E-state index contributed by atoms with van der Waals surface area (Å²) in [6.07, 6.45) is 2.98. The number of rotatable bonds is 6. The van der Waals surface area contributed by atoms with Crippen LogP contribution in [0.15, 0.2) is 42.5 Å². The van der Waals surface area contributed by atoms with Crippen molar-refractivity contribution in [3.63, 3.8) is 0 Å². The molecule has 0 atom stereocenters. The summed E-state index contributed by atoms with van der Waals surface area (Å²) in [4.78, 5) is 0. The van der Waals surface area contributed by atoms with Crippen molar-refractivity contribution in [1.82, 2.24) is 0 Å². The van der Waals surface area contributed by atoms with E-state index in [1.807, 2.05) is 0 Å². The zero-order valence-electron chi connectivity index (χ0n) is 11.9. The number of allylic oxidation sites excluding steroid dienone is 1. The van der Waals surface area contributed by atoms with Crippen molar-refractivity contribution in [2.45, 2.75) is 6.92 Å². The Morgan fingerprint density at radius 2 is 1.64 bits per heavy atom. The summed E-state index contributed by atoms with van der Waals surface area (Å²) in [6.45, 7) is 2.54. The van der Waals surface area contributed by atoms with Crippen molar-refractivity contribution in [2.75, 3.05) is 13.2 Å². The number of benzene rings is 2. The number of halogens is 3. The van der Waals surface area contributed by atoms with Crippen LogP contribution in [0.2, 0.25) is 15.1 Å². The maximum absolute atomic E-state index is 6.16. The van der Waals surface area contributed by atoms with Gasteiger partial charge in [-0.3, -0.25) is 0 Å². The van der Waals surface area contributed by atoms with Crippen LogP contribution in [0.1, 0.15) is 12.5 Å². The van der Waals surface area contributed by atoms with E-state index in [4.69, 9.17) is 44.3 Å². The fraction of sp³-hybridized carbons (Fsp3) is 0.176. The van der Waals surface area contributed by atoms with Gasteiger partial charge in [-0.05, 0) is 55.5 Å². The molecule has 0 heterocycles. The van der Waals surface area contributed by atoms with Crippen molar-refractivity contribution in [2.24, 2.45) is 0 Å². The van der Waals surface area contributed by atoms with Crippen molar-refractivity contribution in [3.05, 3.63) is 69.2 Å². The number of ether oxygens (including phenoxy) is 2. The van der Waals surface area contributed by atoms with Crippen molar-refractivity contribution < 1.29 is 9.47 Å². The second kappa shape index (κ2) is 8.33. The molecule has 0 fully saturated rings. The first-order valence-corrected chi connectivity index (χ1v) is 7.75. The maximum Gasteiger partial charge on any atom is 0.131 e. The lowest BCUT2D eigenvalue weighted by Crippen LogP contribution is -2.06. The molecule has 0 aliphatic rings. The van der Waals surface area contributed by atoms with E-state index in [2.05, 4.69) is 6.08 Å². The number of hydrogen-bond acceptors (Lipinski definition) is 2. The monoisotopic (exact) mass is 355 g/mol. The molecular formula is C17H14Cl3O2. The summed E-state index contributed by atoms with van der Waals surface area (Å²) < 4.78 is 11.2. The third kappa shape index (κ3) is 4.84. The van der Waals surface area contributed by atoms with Gasteiger partial charge in [0.15, 0.2) is 0 Å². The molecule has 2 aromatic carbocycles. The molecule has 0 spiro atoms. The molecule has 0 saturated carbocycles. The Morgan fingerprint density at radius 1 is 0.955 bits per heavy atom. The van der Waals surface area contributed by atoms with Crippen LogP contribution in [0, 0.1) is 6.08 Å². The van der Waals surface area contributed by atoms with Gasteiger partial charge >= 0.3 is 0 Å². The van der Waals surface area contributed by atoms with E-state index >= 15 is 0 Å². The summed E-state index contributed by atoms with van der Waals surface area (Å²) >= 11 is 17.9. The van der Waals surface area contributed by atoms with Gasteiger partial charge in [0.2, 0.25) is 0 Å². The molecule has 0 aliphatic carbocycles. The molecule has 0 saturated heterocycles. The topological polar surface area (TPSA) is 18.5 Å². The molecule has 0 aliphatic heterocycles. The predicted octanol–water partition coefficient (Wildman–Crippen LogP) is 5.91. The Hall–Kier alpha value is -1.35. The third-order valence-electron chi connectivity index (χ3n) is 2.81. The van der Waals surface area contributed by atoms with E-state index < -0.39 is 0 Å². The summed E-state index contributed by atoms with van der Waals surface area (Å²) in [5.74, 6) is 1.31. The minimum atomic E-state index is 0.373. The molecule has 2 nitrogen and oxygen atoms in total. The minimum Gasteiger partial charge on any atom is -0.490 e. The molecule has 0 bridgehead atoms. The van der Waals surface area contributed by atoms with E-state index in [0.29, 0.717) is 34.0 Å². The smallest absolute Gasteiger partial charge is 0.131 e. The number of hydrogen-bond donors (Lipinski definition) is 0. The van der Waals surface area contributed by atoms with Crippen molar-refractivity contribution >= 4 is 40.6 Å². The zero-order valence-corrected chi connectivity index (χ0v) is 14.2. The summed E-state index contributed by atoms with van der Waals surface area (Å²) in [6, 6.07) is 12.4. The van der Waals surface area contributed by atoms with E-state index in [0.717, 1.165) is 11.3 Å². The molecule has 2 aromatic rings. The highest BCUT2D eigenvalue weighted by molar-refractivity contribution is 6.35. The Kier molecular flexibility index (Phi) is 6.44. The van der Waals surface area contributed by atoms with Crippen LogP contribution in [0.3, 0.4) is 0 Å². The first kappa shape index (κ1) is 17.0. The summed E-state index contributed by atoms with van der Waals surface area (Å²) in [7, 11) is 0. The maximum atomic E-state index is 6.16. The Bertz CT molecular complexity index is 651. The van der Waals surface area contributed by atoms with Gasteiger partial charge in [0.25, 0.3) is 0 Å². The molecule has 0 amide bonds. The highest BCUT2D eigenvalue weighted by atomic mass is 35.5. The van der Waals surface area contributed by atoms with E-state index in [9.17, 15) is 0 Å². The lowest BCUT2D eigenvalue weighted by molar-refractivity contribution is 0.194. The lowest BCUT2D eigenvalue weighted by atomic mass is 10.2. The fourth-order valence-corrected chi connectivity index (χ4v) is 2.41. The van der Waals surface area contributed by atoms with Gasteiger partial charge in [-0.15, -0.1) is 0 Å². The third-order valence-corrected chi connectivity index (χ3v) is 3.61. The van der Waals surface area contributed by atoms with Crippen LogP contribution in [-0.4, -0.2) is 13.2 Å². The molecule has 2 rings (SSSR count). The second-order valence-corrected chi connectivity index (χ2v) is 5.63. The highest BCUT2D eigenvalue weighted by Crippen LogP contribution is 2.27. The quantitative estimate of drug-likeness (QED) is 0.473. The Labute approximate surface area is 145 Å². The van der Waals surface area contributed by atoms with Crippen LogP contribution in [0.5, 0.6) is 5.75 Å². The van der Waals surface area contributed by atoms with Crippen LogP contribution in [0.4, 0.5) is 0 Å². The van der Waals surface area contributed by atoms with Gasteiger partial charge in [0.05, 0.1) is 5.02 Å². The average Bonchev–Trinajstić information content (AvgIpc) is 2.50. The van der Waals surface area contributed by atoms with Crippen LogP contribution >= 0.6 is 34.8 Å². The summed E-state index contributed by atoms with van der Waals surface area (Å²) in [5, 5.41) is 1.78. The van der Waals surface area contributed by atoms with Gasteiger partial charge in [-0.2, -0.15) is 0 Å². The average molecular weight is 357 g/mol. The van der Waals surface area contributed by atoms with Gasteiger partial charge < -0.3 is 9.47 Å². The summed E-state index contributed by atoms with van der Waals surface area (Å²) in [5.41, 5.74) is 0.750. The van der Waals surface area contributed by atoms with Gasteiger partial charge in [0.1, 0.15) is 24.7 Å². The second-order valence-electron chi connectivity index (χ2n) is 4.35. The molecule has 0 N–H and O–H groups in total. The Balaban J connectivity index is 1.88. The predicted molar refractivity (Wildman–Crippen MR) is 91.7 cm³/mol. The largest absolute Gasteiger partial charge is 0.490 e. The van der Waals surface area contributed by atoms with Crippen molar-refractivity contribution in [3.8, 4) is 5.75 Å². The van der Waals surface area contributed by atoms with Crippen LogP contribution < -0.4 is 4.74 Å². The Morgan fingerprint density at radius 3 is 2.27 bits per heavy atom. The van der Waals surface area contributed by atoms with Crippen LogP contribution in [-0.2, 0) is 4.74 Å². The molecule has 22 heavy (non-hydrogen) atoms. The molecule has 115 valence electrons. The highest BCUT2D eigenvalue weighted by Gasteiger charge is 2.08. The zero-order chi connectivity index (χ0) is 15.9. The fourth-order valence-electron chi connectivity index (χ4n) is 1.79. The first-order chi connectivity index (χ1) is 10.6. The van der Waals surface area contributed by atoms with Crippen LogP contribution in [0.25, 0.3) is 5.76 Å². The van der Waals surface area contributed by atoms with E-state index in [1.54, 1.807) is 49.4 Å². The van der Waals surface area contributed by atoms with Crippen molar-refractivity contribution in [1.29, 1.82) is 0 Å². The molecule has 5 heteroatoms. The normalized spacial score (nSPS) is 11.4. The van der Waals surface area contributed by atoms with Gasteiger partial charge in [-0.25, -0.2) is 0 Å². The molecular weight excluding hydrogens is 343 g/mol. The molecule has 0 aromatic heterocycles. The first-order valence-electron chi connectivity index (χ1n) is 6.61. The van der Waals surface area contributed by atoms with Gasteiger partial charge in [-0.1, -0.05) is 34.8 Å². The van der Waals surface area contributed by atoms with Gasteiger partial charge in [0, 0.05) is 15.6 Å². The minimum absolute atomic E-state index is 0.373.